The molecule has 0 aliphatic rings. The quantitative estimate of drug-likeness (QED) is 0.573. The normalized spacial score (nSPS) is 13.8. The van der Waals surface area contributed by atoms with Gasteiger partial charge >= 0.3 is 0 Å². The molecular weight excluding hydrogens is 152 g/mol. The molecular formula is C9H22N2O. The van der Waals surface area contributed by atoms with Gasteiger partial charge in [-0.25, -0.2) is 0 Å². The van der Waals surface area contributed by atoms with Crippen LogP contribution in [0.1, 0.15) is 13.8 Å². The van der Waals surface area contributed by atoms with Gasteiger partial charge in [0, 0.05) is 6.54 Å². The number of rotatable bonds is 7. The fraction of sp³-hybridized carbons (Fsp3) is 1.00. The van der Waals surface area contributed by atoms with Crippen LogP contribution in [-0.2, 0) is 4.74 Å². The van der Waals surface area contributed by atoms with Crippen LogP contribution >= 0.6 is 0 Å². The lowest BCUT2D eigenvalue weighted by atomic mass is 10.2. The van der Waals surface area contributed by atoms with Crippen LogP contribution in [0, 0.1) is 5.92 Å². The summed E-state index contributed by atoms with van der Waals surface area (Å²) >= 11 is 0. The summed E-state index contributed by atoms with van der Waals surface area (Å²) in [6.07, 6.45) is 0. The summed E-state index contributed by atoms with van der Waals surface area (Å²) < 4.78 is 5.44. The third-order valence-electron chi connectivity index (χ3n) is 1.96. The van der Waals surface area contributed by atoms with E-state index >= 15 is 0 Å². The minimum atomic E-state index is 0.483. The van der Waals surface area contributed by atoms with Crippen LogP contribution in [-0.4, -0.2) is 44.8 Å². The number of hydrogen-bond acceptors (Lipinski definition) is 3. The third kappa shape index (κ3) is 6.58. The Morgan fingerprint density at radius 2 is 2.17 bits per heavy atom. The summed E-state index contributed by atoms with van der Waals surface area (Å²) in [7, 11) is 2.09. The molecule has 0 aliphatic heterocycles. The Bertz CT molecular complexity index is 86.5. The van der Waals surface area contributed by atoms with Gasteiger partial charge in [-0.2, -0.15) is 0 Å². The van der Waals surface area contributed by atoms with Crippen molar-refractivity contribution >= 4 is 0 Å². The molecule has 0 aliphatic carbocycles. The van der Waals surface area contributed by atoms with Gasteiger partial charge in [0.25, 0.3) is 0 Å². The molecule has 0 aromatic heterocycles. The van der Waals surface area contributed by atoms with Crippen molar-refractivity contribution in [3.8, 4) is 0 Å². The highest BCUT2D eigenvalue weighted by atomic mass is 16.5. The summed E-state index contributed by atoms with van der Waals surface area (Å²) in [6, 6.07) is 0. The van der Waals surface area contributed by atoms with Crippen molar-refractivity contribution in [1.82, 2.24) is 4.90 Å². The zero-order valence-corrected chi connectivity index (χ0v) is 8.55. The molecule has 12 heavy (non-hydrogen) atoms. The van der Waals surface area contributed by atoms with E-state index in [9.17, 15) is 0 Å². The van der Waals surface area contributed by atoms with Gasteiger partial charge in [-0.15, -0.1) is 0 Å². The second kappa shape index (κ2) is 7.53. The van der Waals surface area contributed by atoms with Crippen molar-refractivity contribution < 1.29 is 4.74 Å². The van der Waals surface area contributed by atoms with Crippen LogP contribution in [0.25, 0.3) is 0 Å². The molecule has 0 saturated heterocycles. The molecule has 1 unspecified atom stereocenters. The Labute approximate surface area is 75.9 Å². The molecule has 0 aromatic carbocycles. The molecule has 0 heterocycles. The van der Waals surface area contributed by atoms with Gasteiger partial charge in [0.1, 0.15) is 0 Å². The van der Waals surface area contributed by atoms with E-state index in [1.165, 1.54) is 0 Å². The van der Waals surface area contributed by atoms with E-state index in [-0.39, 0.29) is 0 Å². The Balaban J connectivity index is 3.10. The Morgan fingerprint density at radius 3 is 2.67 bits per heavy atom. The molecule has 3 heteroatoms. The van der Waals surface area contributed by atoms with Crippen molar-refractivity contribution in [2.75, 3.05) is 39.9 Å². The zero-order chi connectivity index (χ0) is 9.40. The standard InChI is InChI=1S/C9H22N2O/c1-4-11(3)5-6-12-8-9(2)7-10/h9H,4-8,10H2,1-3H3. The average Bonchev–Trinajstić information content (AvgIpc) is 2.11. The lowest BCUT2D eigenvalue weighted by molar-refractivity contribution is 0.0903. The van der Waals surface area contributed by atoms with Crippen molar-refractivity contribution in [2.45, 2.75) is 13.8 Å². The third-order valence-corrected chi connectivity index (χ3v) is 1.96. The van der Waals surface area contributed by atoms with Crippen molar-refractivity contribution in [1.29, 1.82) is 0 Å². The van der Waals surface area contributed by atoms with Gasteiger partial charge in [0.2, 0.25) is 0 Å². The van der Waals surface area contributed by atoms with E-state index in [4.69, 9.17) is 10.5 Å². The predicted molar refractivity (Wildman–Crippen MR) is 52.2 cm³/mol. The number of ether oxygens (including phenoxy) is 1. The van der Waals surface area contributed by atoms with Gasteiger partial charge in [0.15, 0.2) is 0 Å². The highest BCUT2D eigenvalue weighted by Crippen LogP contribution is 1.92. The van der Waals surface area contributed by atoms with Gasteiger partial charge in [-0.1, -0.05) is 13.8 Å². The van der Waals surface area contributed by atoms with Crippen LogP contribution in [0.5, 0.6) is 0 Å². The van der Waals surface area contributed by atoms with E-state index in [2.05, 4.69) is 25.8 Å². The first-order chi connectivity index (χ1) is 5.70. The van der Waals surface area contributed by atoms with Crippen LogP contribution in [0.3, 0.4) is 0 Å². The lowest BCUT2D eigenvalue weighted by Gasteiger charge is -2.14. The average molecular weight is 174 g/mol. The van der Waals surface area contributed by atoms with Gasteiger partial charge in [-0.05, 0) is 26.1 Å². The van der Waals surface area contributed by atoms with Gasteiger partial charge in [-0.3, -0.25) is 0 Å². The molecule has 0 bridgehead atoms. The largest absolute Gasteiger partial charge is 0.380 e. The Hall–Kier alpha value is -0.120. The van der Waals surface area contributed by atoms with Crippen LogP contribution in [0.15, 0.2) is 0 Å². The fourth-order valence-electron chi connectivity index (χ4n) is 0.731. The first-order valence-electron chi connectivity index (χ1n) is 4.67. The Kier molecular flexibility index (Phi) is 7.45. The highest BCUT2D eigenvalue weighted by molar-refractivity contribution is 4.51. The van der Waals surface area contributed by atoms with Crippen molar-refractivity contribution in [3.05, 3.63) is 0 Å². The smallest absolute Gasteiger partial charge is 0.0593 e. The number of hydrogen-bond donors (Lipinski definition) is 1. The minimum Gasteiger partial charge on any atom is -0.380 e. The molecule has 2 N–H and O–H groups in total. The van der Waals surface area contributed by atoms with E-state index in [0.29, 0.717) is 12.5 Å². The molecule has 0 saturated carbocycles. The lowest BCUT2D eigenvalue weighted by Crippen LogP contribution is -2.24. The van der Waals surface area contributed by atoms with E-state index < -0.39 is 0 Å². The molecule has 0 aromatic rings. The SMILES string of the molecule is CCN(C)CCOCC(C)CN. The summed E-state index contributed by atoms with van der Waals surface area (Å²) in [5.41, 5.74) is 5.45. The van der Waals surface area contributed by atoms with E-state index in [1.54, 1.807) is 0 Å². The predicted octanol–water partition coefficient (Wildman–Crippen LogP) is 0.550. The monoisotopic (exact) mass is 174 g/mol. The topological polar surface area (TPSA) is 38.5 Å². The van der Waals surface area contributed by atoms with Crippen molar-refractivity contribution in [3.63, 3.8) is 0 Å². The maximum Gasteiger partial charge on any atom is 0.0593 e. The molecule has 0 fully saturated rings. The summed E-state index contributed by atoms with van der Waals surface area (Å²) in [5, 5.41) is 0. The summed E-state index contributed by atoms with van der Waals surface area (Å²) in [6.45, 7) is 8.64. The van der Waals surface area contributed by atoms with Crippen molar-refractivity contribution in [2.24, 2.45) is 11.7 Å². The summed E-state index contributed by atoms with van der Waals surface area (Å²) in [4.78, 5) is 2.23. The fourth-order valence-corrected chi connectivity index (χ4v) is 0.731. The van der Waals surface area contributed by atoms with Crippen LogP contribution in [0.2, 0.25) is 0 Å². The number of nitrogens with zero attached hydrogens (tertiary/aromatic N) is 1. The van der Waals surface area contributed by atoms with Crippen LogP contribution in [0.4, 0.5) is 0 Å². The zero-order valence-electron chi connectivity index (χ0n) is 8.55. The molecule has 0 radical (unpaired) electrons. The number of likely N-dealkylation sites (N-methyl/N-ethyl adjacent to an activating group) is 1. The molecule has 0 spiro atoms. The van der Waals surface area contributed by atoms with E-state index in [1.807, 2.05) is 0 Å². The van der Waals surface area contributed by atoms with E-state index in [0.717, 1.165) is 26.3 Å². The molecule has 0 rings (SSSR count). The number of nitrogens with two attached hydrogens (primary N) is 1. The van der Waals surface area contributed by atoms with Crippen LogP contribution < -0.4 is 5.73 Å². The molecule has 3 nitrogen and oxygen atoms in total. The Morgan fingerprint density at radius 1 is 1.50 bits per heavy atom. The molecule has 1 atom stereocenters. The highest BCUT2D eigenvalue weighted by Gasteiger charge is 1.99. The molecule has 74 valence electrons. The molecule has 0 amide bonds. The second-order valence-corrected chi connectivity index (χ2v) is 3.31. The first-order valence-corrected chi connectivity index (χ1v) is 4.67. The first kappa shape index (κ1) is 11.9. The van der Waals surface area contributed by atoms with Gasteiger partial charge in [0.05, 0.1) is 13.2 Å². The van der Waals surface area contributed by atoms with Gasteiger partial charge < -0.3 is 15.4 Å². The maximum atomic E-state index is 5.45. The summed E-state index contributed by atoms with van der Waals surface area (Å²) in [5.74, 6) is 0.483. The minimum absolute atomic E-state index is 0.483. The maximum absolute atomic E-state index is 5.45. The second-order valence-electron chi connectivity index (χ2n) is 3.31.